The molecule has 0 saturated heterocycles. The van der Waals surface area contributed by atoms with Gasteiger partial charge in [0.25, 0.3) is 0 Å². The van der Waals surface area contributed by atoms with E-state index >= 15 is 0 Å². The third kappa shape index (κ3) is 3.33. The van der Waals surface area contributed by atoms with Crippen molar-refractivity contribution in [2.24, 2.45) is 0 Å². The molecule has 0 aliphatic carbocycles. The number of benzene rings is 1. The highest BCUT2D eigenvalue weighted by Gasteiger charge is 2.12. The number of carbonyl (C=O) groups is 1. The Morgan fingerprint density at radius 3 is 2.65 bits per heavy atom. The highest BCUT2D eigenvalue weighted by atomic mass is 16.4. The van der Waals surface area contributed by atoms with Crippen molar-refractivity contribution in [1.82, 2.24) is 0 Å². The summed E-state index contributed by atoms with van der Waals surface area (Å²) in [4.78, 5) is 12.4. The summed E-state index contributed by atoms with van der Waals surface area (Å²) in [5.41, 5.74) is 6.77. The number of nitrogens with two attached hydrogens (primary N) is 1. The molecule has 0 aliphatic heterocycles. The first kappa shape index (κ1) is 13.3. The lowest BCUT2D eigenvalue weighted by molar-refractivity contribution is 0.0697. The second kappa shape index (κ2) is 5.51. The van der Waals surface area contributed by atoms with Crippen LogP contribution in [0.3, 0.4) is 0 Å². The van der Waals surface area contributed by atoms with Crippen LogP contribution < -0.4 is 10.6 Å². The van der Waals surface area contributed by atoms with E-state index in [0.717, 1.165) is 0 Å². The van der Waals surface area contributed by atoms with Gasteiger partial charge in [0, 0.05) is 13.6 Å². The van der Waals surface area contributed by atoms with Crippen LogP contribution in [0.1, 0.15) is 10.4 Å². The molecular formula is C11H16N2O4. The molecule has 0 saturated carbocycles. The van der Waals surface area contributed by atoms with E-state index in [4.69, 9.17) is 15.9 Å². The predicted octanol–water partition coefficient (Wildman–Crippen LogP) is -0.244. The van der Waals surface area contributed by atoms with E-state index in [1.54, 1.807) is 18.0 Å². The van der Waals surface area contributed by atoms with Crippen LogP contribution >= 0.6 is 0 Å². The van der Waals surface area contributed by atoms with Gasteiger partial charge in [0.15, 0.2) is 0 Å². The van der Waals surface area contributed by atoms with Gasteiger partial charge in [-0.05, 0) is 18.2 Å². The monoisotopic (exact) mass is 240 g/mol. The number of aromatic carboxylic acids is 1. The average Bonchev–Trinajstić information content (AvgIpc) is 2.28. The lowest BCUT2D eigenvalue weighted by Gasteiger charge is -2.23. The number of hydrogen-bond acceptors (Lipinski definition) is 5. The summed E-state index contributed by atoms with van der Waals surface area (Å²) >= 11 is 0. The minimum absolute atomic E-state index is 0.113. The van der Waals surface area contributed by atoms with Gasteiger partial charge in [-0.2, -0.15) is 0 Å². The molecule has 1 aromatic carbocycles. The van der Waals surface area contributed by atoms with Crippen LogP contribution in [0.2, 0.25) is 0 Å². The number of rotatable bonds is 5. The topological polar surface area (TPSA) is 107 Å². The number of anilines is 2. The van der Waals surface area contributed by atoms with Crippen molar-refractivity contribution in [2.75, 3.05) is 30.8 Å². The first-order chi connectivity index (χ1) is 7.95. The van der Waals surface area contributed by atoms with Gasteiger partial charge in [-0.3, -0.25) is 0 Å². The molecule has 17 heavy (non-hydrogen) atoms. The molecule has 94 valence electrons. The smallest absolute Gasteiger partial charge is 0.335 e. The number of carboxylic acids is 1. The van der Waals surface area contributed by atoms with Gasteiger partial charge in [0.1, 0.15) is 0 Å². The summed E-state index contributed by atoms with van der Waals surface area (Å²) in [6, 6.07) is 4.37. The van der Waals surface area contributed by atoms with Crippen LogP contribution in [0, 0.1) is 0 Å². The normalized spacial score (nSPS) is 12.2. The van der Waals surface area contributed by atoms with Gasteiger partial charge in [-0.1, -0.05) is 0 Å². The molecule has 1 aromatic rings. The number of nitrogen functional groups attached to an aromatic ring is 1. The summed E-state index contributed by atoms with van der Waals surface area (Å²) in [7, 11) is 1.70. The number of nitrogens with zero attached hydrogens (tertiary/aromatic N) is 1. The Morgan fingerprint density at radius 1 is 1.53 bits per heavy atom. The highest BCUT2D eigenvalue weighted by molar-refractivity contribution is 5.90. The number of aliphatic hydroxyl groups excluding tert-OH is 2. The third-order valence-corrected chi connectivity index (χ3v) is 2.38. The summed E-state index contributed by atoms with van der Waals surface area (Å²) in [5, 5.41) is 26.8. The van der Waals surface area contributed by atoms with E-state index in [1.807, 2.05) is 0 Å². The average molecular weight is 240 g/mol. The fraction of sp³-hybridized carbons (Fsp3) is 0.364. The number of hydrogen-bond donors (Lipinski definition) is 4. The van der Waals surface area contributed by atoms with Gasteiger partial charge in [0.2, 0.25) is 0 Å². The van der Waals surface area contributed by atoms with E-state index < -0.39 is 12.1 Å². The van der Waals surface area contributed by atoms with Crippen molar-refractivity contribution in [3.8, 4) is 0 Å². The van der Waals surface area contributed by atoms with Crippen LogP contribution in [0.25, 0.3) is 0 Å². The van der Waals surface area contributed by atoms with Crippen molar-refractivity contribution in [2.45, 2.75) is 6.10 Å². The quantitative estimate of drug-likeness (QED) is 0.529. The Kier molecular flexibility index (Phi) is 4.30. The van der Waals surface area contributed by atoms with Gasteiger partial charge >= 0.3 is 5.97 Å². The zero-order valence-corrected chi connectivity index (χ0v) is 9.50. The highest BCUT2D eigenvalue weighted by Crippen LogP contribution is 2.23. The fourth-order valence-electron chi connectivity index (χ4n) is 1.51. The van der Waals surface area contributed by atoms with Crippen molar-refractivity contribution < 1.29 is 20.1 Å². The SMILES string of the molecule is CN(CC(O)CO)c1ccc(C(=O)O)cc1N. The minimum Gasteiger partial charge on any atom is -0.478 e. The van der Waals surface area contributed by atoms with E-state index in [2.05, 4.69) is 0 Å². The molecule has 6 nitrogen and oxygen atoms in total. The largest absolute Gasteiger partial charge is 0.478 e. The van der Waals surface area contributed by atoms with Crippen LogP contribution in [0.4, 0.5) is 11.4 Å². The zero-order valence-electron chi connectivity index (χ0n) is 9.50. The first-order valence-electron chi connectivity index (χ1n) is 5.08. The Labute approximate surface area is 98.9 Å². The molecule has 5 N–H and O–H groups in total. The van der Waals surface area contributed by atoms with Gasteiger partial charge in [0.05, 0.1) is 29.6 Å². The standard InChI is InChI=1S/C11H16N2O4/c1-13(5-8(15)6-14)10-3-2-7(11(16)17)4-9(10)12/h2-4,8,14-15H,5-6,12H2,1H3,(H,16,17). The molecule has 1 atom stereocenters. The Hall–Kier alpha value is -1.79. The maximum Gasteiger partial charge on any atom is 0.335 e. The molecule has 1 rings (SSSR count). The second-order valence-electron chi connectivity index (χ2n) is 3.80. The lowest BCUT2D eigenvalue weighted by Crippen LogP contribution is -2.31. The molecule has 0 heterocycles. The predicted molar refractivity (Wildman–Crippen MR) is 64.2 cm³/mol. The molecule has 0 bridgehead atoms. The summed E-state index contributed by atoms with van der Waals surface area (Å²) in [6.45, 7) is -0.120. The Morgan fingerprint density at radius 2 is 2.18 bits per heavy atom. The molecule has 0 amide bonds. The molecule has 0 aliphatic rings. The fourth-order valence-corrected chi connectivity index (χ4v) is 1.51. The summed E-state index contributed by atoms with van der Waals surface area (Å²) in [5.74, 6) is -1.04. The van der Waals surface area contributed by atoms with Crippen LogP contribution in [-0.4, -0.2) is 47.6 Å². The molecule has 0 aromatic heterocycles. The van der Waals surface area contributed by atoms with Gasteiger partial charge < -0.3 is 26.0 Å². The van der Waals surface area contributed by atoms with Crippen molar-refractivity contribution >= 4 is 17.3 Å². The number of aliphatic hydroxyl groups is 2. The molecular weight excluding hydrogens is 224 g/mol. The number of likely N-dealkylation sites (N-methyl/N-ethyl adjacent to an activating group) is 1. The molecule has 6 heteroatoms. The zero-order chi connectivity index (χ0) is 13.0. The maximum atomic E-state index is 10.7. The first-order valence-corrected chi connectivity index (χ1v) is 5.08. The summed E-state index contributed by atoms with van der Waals surface area (Å²) in [6.07, 6.45) is -0.862. The second-order valence-corrected chi connectivity index (χ2v) is 3.80. The molecule has 1 unspecified atom stereocenters. The van der Waals surface area contributed by atoms with Crippen LogP contribution in [0.5, 0.6) is 0 Å². The molecule has 0 spiro atoms. The lowest BCUT2D eigenvalue weighted by atomic mass is 10.1. The summed E-state index contributed by atoms with van der Waals surface area (Å²) < 4.78 is 0. The number of carboxylic acid groups (broad SMARTS) is 1. The maximum absolute atomic E-state index is 10.7. The van der Waals surface area contributed by atoms with E-state index in [-0.39, 0.29) is 18.7 Å². The Balaban J connectivity index is 2.88. The van der Waals surface area contributed by atoms with Crippen molar-refractivity contribution in [3.05, 3.63) is 23.8 Å². The van der Waals surface area contributed by atoms with Gasteiger partial charge in [-0.15, -0.1) is 0 Å². The molecule has 0 radical (unpaired) electrons. The van der Waals surface area contributed by atoms with E-state index in [1.165, 1.54) is 12.1 Å². The minimum atomic E-state index is -1.04. The van der Waals surface area contributed by atoms with Gasteiger partial charge in [-0.25, -0.2) is 4.79 Å². The van der Waals surface area contributed by atoms with E-state index in [0.29, 0.717) is 11.4 Å². The van der Waals surface area contributed by atoms with E-state index in [9.17, 15) is 9.90 Å². The van der Waals surface area contributed by atoms with Crippen molar-refractivity contribution in [3.63, 3.8) is 0 Å². The van der Waals surface area contributed by atoms with Crippen LogP contribution in [-0.2, 0) is 0 Å². The Bertz CT molecular complexity index is 408. The third-order valence-electron chi connectivity index (χ3n) is 2.38. The van der Waals surface area contributed by atoms with Crippen molar-refractivity contribution in [1.29, 1.82) is 0 Å². The van der Waals surface area contributed by atoms with Crippen LogP contribution in [0.15, 0.2) is 18.2 Å². The molecule has 0 fully saturated rings.